The van der Waals surface area contributed by atoms with Gasteiger partial charge in [-0.2, -0.15) is 5.26 Å². The van der Waals surface area contributed by atoms with Gasteiger partial charge in [0.2, 0.25) is 0 Å². The summed E-state index contributed by atoms with van der Waals surface area (Å²) in [4.78, 5) is 0.850. The van der Waals surface area contributed by atoms with Crippen LogP contribution in [0.1, 0.15) is 42.0 Å². The first-order valence-electron chi connectivity index (χ1n) is 6.99. The maximum Gasteiger partial charge on any atom is 0.0991 e. The molecule has 1 atom stereocenters. The SMILES string of the molecule is Cc1cc(C#N)ccc1CS(=O)c1ccc(C(C)C)cc1. The van der Waals surface area contributed by atoms with E-state index in [-0.39, 0.29) is 0 Å². The summed E-state index contributed by atoms with van der Waals surface area (Å²) in [7, 11) is -1.06. The number of nitrogens with zero attached hydrogens (tertiary/aromatic N) is 1. The minimum absolute atomic E-state index is 0.480. The van der Waals surface area contributed by atoms with Crippen molar-refractivity contribution in [1.29, 1.82) is 5.26 Å². The topological polar surface area (TPSA) is 40.9 Å². The lowest BCUT2D eigenvalue weighted by Crippen LogP contribution is -1.99. The van der Waals surface area contributed by atoms with E-state index in [0.29, 0.717) is 17.2 Å². The van der Waals surface area contributed by atoms with Crippen molar-refractivity contribution in [3.8, 4) is 6.07 Å². The van der Waals surface area contributed by atoms with Gasteiger partial charge in [-0.1, -0.05) is 32.0 Å². The van der Waals surface area contributed by atoms with E-state index in [4.69, 9.17) is 5.26 Å². The lowest BCUT2D eigenvalue weighted by Gasteiger charge is -2.08. The summed E-state index contributed by atoms with van der Waals surface area (Å²) in [5, 5.41) is 8.87. The van der Waals surface area contributed by atoms with Gasteiger partial charge in [0.05, 0.1) is 28.2 Å². The van der Waals surface area contributed by atoms with Gasteiger partial charge in [-0.05, 0) is 53.8 Å². The van der Waals surface area contributed by atoms with Crippen molar-refractivity contribution in [2.24, 2.45) is 0 Å². The second kappa shape index (κ2) is 6.69. The molecule has 108 valence electrons. The maximum absolute atomic E-state index is 12.4. The first kappa shape index (κ1) is 15.5. The molecule has 0 radical (unpaired) electrons. The molecule has 0 saturated heterocycles. The molecule has 1 unspecified atom stereocenters. The van der Waals surface area contributed by atoms with E-state index in [1.165, 1.54) is 5.56 Å². The van der Waals surface area contributed by atoms with Crippen molar-refractivity contribution in [2.45, 2.75) is 37.3 Å². The molecule has 0 spiro atoms. The molecule has 3 heteroatoms. The average molecular weight is 297 g/mol. The standard InChI is InChI=1S/C18H19NOS/c1-13(2)16-6-8-18(9-7-16)21(20)12-17-5-4-15(11-19)10-14(17)3/h4-10,13H,12H2,1-3H3. The van der Waals surface area contributed by atoms with Crippen molar-refractivity contribution in [3.05, 3.63) is 64.7 Å². The van der Waals surface area contributed by atoms with E-state index >= 15 is 0 Å². The summed E-state index contributed by atoms with van der Waals surface area (Å²) < 4.78 is 12.4. The quantitative estimate of drug-likeness (QED) is 0.844. The summed E-state index contributed by atoms with van der Waals surface area (Å²) in [6.07, 6.45) is 0. The molecule has 2 nitrogen and oxygen atoms in total. The first-order valence-corrected chi connectivity index (χ1v) is 8.31. The van der Waals surface area contributed by atoms with Gasteiger partial charge in [-0.3, -0.25) is 4.21 Å². The fourth-order valence-electron chi connectivity index (χ4n) is 2.16. The van der Waals surface area contributed by atoms with Crippen molar-refractivity contribution >= 4 is 10.8 Å². The van der Waals surface area contributed by atoms with Crippen LogP contribution in [0.15, 0.2) is 47.4 Å². The largest absolute Gasteiger partial charge is 0.254 e. The Hall–Kier alpha value is -1.92. The molecule has 0 heterocycles. The Morgan fingerprint density at radius 2 is 1.81 bits per heavy atom. The highest BCUT2D eigenvalue weighted by Crippen LogP contribution is 2.20. The number of aryl methyl sites for hydroxylation is 1. The van der Waals surface area contributed by atoms with Gasteiger partial charge < -0.3 is 0 Å². The molecular weight excluding hydrogens is 278 g/mol. The molecule has 0 bridgehead atoms. The van der Waals surface area contributed by atoms with Crippen molar-refractivity contribution in [2.75, 3.05) is 0 Å². The second-order valence-electron chi connectivity index (χ2n) is 5.47. The third-order valence-electron chi connectivity index (χ3n) is 3.57. The Kier molecular flexibility index (Phi) is 4.93. The second-order valence-corrected chi connectivity index (χ2v) is 6.92. The number of hydrogen-bond donors (Lipinski definition) is 0. The first-order chi connectivity index (χ1) is 10.0. The summed E-state index contributed by atoms with van der Waals surface area (Å²) in [6, 6.07) is 15.6. The number of hydrogen-bond acceptors (Lipinski definition) is 2. The highest BCUT2D eigenvalue weighted by Gasteiger charge is 2.08. The van der Waals surface area contributed by atoms with Gasteiger partial charge in [-0.15, -0.1) is 0 Å². The lowest BCUT2D eigenvalue weighted by molar-refractivity contribution is 0.682. The van der Waals surface area contributed by atoms with Gasteiger partial charge in [-0.25, -0.2) is 0 Å². The Bertz CT molecular complexity index is 696. The molecule has 2 aromatic carbocycles. The smallest absolute Gasteiger partial charge is 0.0991 e. The molecule has 0 aliphatic carbocycles. The van der Waals surface area contributed by atoms with Crippen LogP contribution in [0.25, 0.3) is 0 Å². The van der Waals surface area contributed by atoms with Crippen LogP contribution in [0, 0.1) is 18.3 Å². The van der Waals surface area contributed by atoms with E-state index in [1.807, 2.05) is 43.3 Å². The number of rotatable bonds is 4. The van der Waals surface area contributed by atoms with Crippen LogP contribution < -0.4 is 0 Å². The number of nitriles is 1. The highest BCUT2D eigenvalue weighted by molar-refractivity contribution is 7.84. The lowest BCUT2D eigenvalue weighted by atomic mass is 10.0. The van der Waals surface area contributed by atoms with Gasteiger partial charge in [0.1, 0.15) is 0 Å². The fraction of sp³-hybridized carbons (Fsp3) is 0.278. The molecule has 0 fully saturated rings. The minimum Gasteiger partial charge on any atom is -0.254 e. The van der Waals surface area contributed by atoms with Crippen molar-refractivity contribution < 1.29 is 4.21 Å². The van der Waals surface area contributed by atoms with Crippen molar-refractivity contribution in [3.63, 3.8) is 0 Å². The normalized spacial score (nSPS) is 12.1. The highest BCUT2D eigenvalue weighted by atomic mass is 32.2. The van der Waals surface area contributed by atoms with Gasteiger partial charge in [0.15, 0.2) is 0 Å². The molecule has 0 aliphatic heterocycles. The Morgan fingerprint density at radius 1 is 1.14 bits per heavy atom. The summed E-state index contributed by atoms with van der Waals surface area (Å²) >= 11 is 0. The zero-order chi connectivity index (χ0) is 15.4. The number of benzene rings is 2. The van der Waals surface area contributed by atoms with E-state index in [9.17, 15) is 4.21 Å². The fourth-order valence-corrected chi connectivity index (χ4v) is 3.37. The molecule has 21 heavy (non-hydrogen) atoms. The average Bonchev–Trinajstić information content (AvgIpc) is 2.49. The Balaban J connectivity index is 2.16. The van der Waals surface area contributed by atoms with E-state index in [1.54, 1.807) is 6.07 Å². The zero-order valence-corrected chi connectivity index (χ0v) is 13.4. The molecular formula is C18H19NOS. The molecule has 0 amide bonds. The van der Waals surface area contributed by atoms with E-state index < -0.39 is 10.8 Å². The monoisotopic (exact) mass is 297 g/mol. The molecule has 2 aromatic rings. The molecule has 0 aliphatic rings. The predicted octanol–water partition coefficient (Wildman–Crippen LogP) is 4.30. The molecule has 0 saturated carbocycles. The van der Waals surface area contributed by atoms with Crippen molar-refractivity contribution in [1.82, 2.24) is 0 Å². The summed E-state index contributed by atoms with van der Waals surface area (Å²) in [6.45, 7) is 6.24. The molecule has 0 N–H and O–H groups in total. The van der Waals surface area contributed by atoms with Crippen LogP contribution in [-0.2, 0) is 16.6 Å². The Labute approximate surface area is 128 Å². The van der Waals surface area contributed by atoms with Crippen LogP contribution in [0.3, 0.4) is 0 Å². The van der Waals surface area contributed by atoms with Crippen LogP contribution >= 0.6 is 0 Å². The van der Waals surface area contributed by atoms with E-state index in [0.717, 1.165) is 16.0 Å². The molecule has 0 aromatic heterocycles. The maximum atomic E-state index is 12.4. The van der Waals surface area contributed by atoms with Crippen LogP contribution in [-0.4, -0.2) is 4.21 Å². The van der Waals surface area contributed by atoms with E-state index in [2.05, 4.69) is 19.9 Å². The van der Waals surface area contributed by atoms with Gasteiger partial charge in [0, 0.05) is 4.90 Å². The summed E-state index contributed by atoms with van der Waals surface area (Å²) in [5.74, 6) is 0.965. The Morgan fingerprint density at radius 3 is 2.33 bits per heavy atom. The summed E-state index contributed by atoms with van der Waals surface area (Å²) in [5.41, 5.74) is 3.94. The van der Waals surface area contributed by atoms with Crippen LogP contribution in [0.2, 0.25) is 0 Å². The van der Waals surface area contributed by atoms with Gasteiger partial charge >= 0.3 is 0 Å². The zero-order valence-electron chi connectivity index (χ0n) is 12.6. The molecule has 2 rings (SSSR count). The van der Waals surface area contributed by atoms with Crippen LogP contribution in [0.4, 0.5) is 0 Å². The minimum atomic E-state index is -1.06. The predicted molar refractivity (Wildman–Crippen MR) is 86.5 cm³/mol. The third-order valence-corrected chi connectivity index (χ3v) is 4.94. The van der Waals surface area contributed by atoms with Gasteiger partial charge in [0.25, 0.3) is 0 Å². The third kappa shape index (κ3) is 3.80. The van der Waals surface area contributed by atoms with Crippen LogP contribution in [0.5, 0.6) is 0 Å².